The van der Waals surface area contributed by atoms with Crippen molar-refractivity contribution < 1.29 is 4.74 Å². The van der Waals surface area contributed by atoms with Crippen molar-refractivity contribution in [3.05, 3.63) is 24.3 Å². The highest BCUT2D eigenvalue weighted by Gasteiger charge is 2.25. The van der Waals surface area contributed by atoms with Crippen molar-refractivity contribution in [3.63, 3.8) is 0 Å². The summed E-state index contributed by atoms with van der Waals surface area (Å²) in [5, 5.41) is 11.0. The van der Waals surface area contributed by atoms with Crippen molar-refractivity contribution >= 4 is 28.5 Å². The van der Waals surface area contributed by atoms with Gasteiger partial charge in [0.2, 0.25) is 5.95 Å². The predicted molar refractivity (Wildman–Crippen MR) is 103 cm³/mol. The first-order valence-corrected chi connectivity index (χ1v) is 8.74. The molecule has 8 nitrogen and oxygen atoms in total. The molecule has 1 aliphatic rings. The van der Waals surface area contributed by atoms with Crippen molar-refractivity contribution in [2.24, 2.45) is 0 Å². The first kappa shape index (κ1) is 16.6. The topological polar surface area (TPSA) is 105 Å². The molecule has 3 heterocycles. The Labute approximate surface area is 151 Å². The Morgan fingerprint density at radius 2 is 2.12 bits per heavy atom. The van der Waals surface area contributed by atoms with Crippen molar-refractivity contribution in [1.82, 2.24) is 20.2 Å². The molecule has 1 fully saturated rings. The van der Waals surface area contributed by atoms with E-state index in [1.807, 2.05) is 31.3 Å². The van der Waals surface area contributed by atoms with E-state index in [2.05, 4.69) is 44.2 Å². The molecule has 8 heteroatoms. The van der Waals surface area contributed by atoms with E-state index in [1.165, 1.54) is 0 Å². The number of aromatic amines is 1. The van der Waals surface area contributed by atoms with Gasteiger partial charge >= 0.3 is 0 Å². The molecule has 3 aromatic rings. The van der Waals surface area contributed by atoms with Gasteiger partial charge in [0, 0.05) is 30.6 Å². The fraction of sp³-hybridized carbons (Fsp3) is 0.389. The third-order valence-corrected chi connectivity index (χ3v) is 4.73. The number of rotatable bonds is 3. The molecule has 0 amide bonds. The molecule has 2 aromatic heterocycles. The minimum Gasteiger partial charge on any atom is -0.382 e. The fourth-order valence-corrected chi connectivity index (χ4v) is 3.26. The highest BCUT2D eigenvalue weighted by Crippen LogP contribution is 2.29. The smallest absolute Gasteiger partial charge is 0.224 e. The number of hydrogen-bond donors (Lipinski definition) is 3. The number of nitrogens with one attached hydrogen (secondary N) is 2. The maximum Gasteiger partial charge on any atom is 0.224 e. The van der Waals surface area contributed by atoms with E-state index in [0.717, 1.165) is 34.5 Å². The Morgan fingerprint density at radius 1 is 1.27 bits per heavy atom. The molecule has 1 aromatic carbocycles. The lowest BCUT2D eigenvalue weighted by molar-refractivity contribution is 0.0340. The van der Waals surface area contributed by atoms with Gasteiger partial charge in [-0.1, -0.05) is 6.07 Å². The van der Waals surface area contributed by atoms with Crippen molar-refractivity contribution in [2.75, 3.05) is 36.1 Å². The standard InChI is InChI=1S/C18H23N7O/c1-10-9-26-11(2)8-25(10)16-7-14(21-18(20-3)22-16)12-4-5-13-15(6-12)23-24-17(13)19/h4-7,10-11H,8-9H2,1-3H3,(H3,19,23,24)(H,20,21,22)/t10-,11-/m1/s1. The number of nitrogens with zero attached hydrogens (tertiary/aromatic N) is 4. The largest absolute Gasteiger partial charge is 0.382 e. The number of ether oxygens (including phenoxy) is 1. The Balaban J connectivity index is 1.77. The van der Waals surface area contributed by atoms with E-state index in [0.29, 0.717) is 18.4 Å². The van der Waals surface area contributed by atoms with Gasteiger partial charge < -0.3 is 20.7 Å². The number of benzene rings is 1. The molecule has 4 rings (SSSR count). The summed E-state index contributed by atoms with van der Waals surface area (Å²) < 4.78 is 5.74. The van der Waals surface area contributed by atoms with Crippen LogP contribution in [-0.4, -0.2) is 52.5 Å². The zero-order valence-electron chi connectivity index (χ0n) is 15.2. The van der Waals surface area contributed by atoms with Gasteiger partial charge in [0.15, 0.2) is 5.82 Å². The number of hydrogen-bond acceptors (Lipinski definition) is 7. The van der Waals surface area contributed by atoms with Crippen LogP contribution in [0.4, 0.5) is 17.6 Å². The third-order valence-electron chi connectivity index (χ3n) is 4.73. The van der Waals surface area contributed by atoms with E-state index in [9.17, 15) is 0 Å². The number of nitrogens with two attached hydrogens (primary N) is 1. The summed E-state index contributed by atoms with van der Waals surface area (Å²) >= 11 is 0. The minimum absolute atomic E-state index is 0.173. The van der Waals surface area contributed by atoms with E-state index >= 15 is 0 Å². The van der Waals surface area contributed by atoms with Gasteiger partial charge in [-0.3, -0.25) is 5.10 Å². The van der Waals surface area contributed by atoms with Crippen LogP contribution in [0.2, 0.25) is 0 Å². The Bertz CT molecular complexity index is 938. The van der Waals surface area contributed by atoms with Crippen LogP contribution in [0.5, 0.6) is 0 Å². The molecule has 0 saturated carbocycles. The second-order valence-electron chi connectivity index (χ2n) is 6.70. The third kappa shape index (κ3) is 2.92. The maximum absolute atomic E-state index is 5.86. The summed E-state index contributed by atoms with van der Waals surface area (Å²) in [6, 6.07) is 8.26. The van der Waals surface area contributed by atoms with E-state index in [4.69, 9.17) is 10.5 Å². The van der Waals surface area contributed by atoms with Crippen LogP contribution in [0.25, 0.3) is 22.2 Å². The van der Waals surface area contributed by atoms with Crippen molar-refractivity contribution in [2.45, 2.75) is 26.0 Å². The monoisotopic (exact) mass is 353 g/mol. The highest BCUT2D eigenvalue weighted by molar-refractivity contribution is 5.91. The van der Waals surface area contributed by atoms with Crippen molar-refractivity contribution in [1.29, 1.82) is 0 Å². The summed E-state index contributed by atoms with van der Waals surface area (Å²) in [5.41, 5.74) is 8.58. The van der Waals surface area contributed by atoms with Gasteiger partial charge in [-0.25, -0.2) is 4.98 Å². The maximum atomic E-state index is 5.86. The molecule has 0 unspecified atom stereocenters. The normalized spacial score (nSPS) is 20.5. The molecule has 1 saturated heterocycles. The van der Waals surface area contributed by atoms with Crippen molar-refractivity contribution in [3.8, 4) is 11.3 Å². The van der Waals surface area contributed by atoms with E-state index < -0.39 is 0 Å². The summed E-state index contributed by atoms with van der Waals surface area (Å²) in [6.07, 6.45) is 0.173. The molecule has 0 bridgehead atoms. The molecule has 1 aliphatic heterocycles. The molecule has 4 N–H and O–H groups in total. The lowest BCUT2D eigenvalue weighted by Crippen LogP contribution is -2.47. The lowest BCUT2D eigenvalue weighted by Gasteiger charge is -2.37. The highest BCUT2D eigenvalue weighted by atomic mass is 16.5. The molecule has 0 spiro atoms. The van der Waals surface area contributed by atoms with Gasteiger partial charge in [0.05, 0.1) is 30.0 Å². The zero-order chi connectivity index (χ0) is 18.3. The quantitative estimate of drug-likeness (QED) is 0.663. The summed E-state index contributed by atoms with van der Waals surface area (Å²) in [5.74, 6) is 1.99. The van der Waals surface area contributed by atoms with E-state index in [1.54, 1.807) is 0 Å². The molecule has 136 valence electrons. The SMILES string of the molecule is CNc1nc(-c2ccc3c(N)n[nH]c3c2)cc(N2C[C@@H](C)OC[C@H]2C)n1. The Morgan fingerprint density at radius 3 is 2.92 bits per heavy atom. The van der Waals surface area contributed by atoms with Gasteiger partial charge in [-0.05, 0) is 26.0 Å². The average molecular weight is 353 g/mol. The zero-order valence-corrected chi connectivity index (χ0v) is 15.2. The second kappa shape index (κ2) is 6.45. The molecular formula is C18H23N7O. The van der Waals surface area contributed by atoms with Gasteiger partial charge in [-0.15, -0.1) is 0 Å². The minimum atomic E-state index is 0.173. The summed E-state index contributed by atoms with van der Waals surface area (Å²) in [7, 11) is 1.83. The predicted octanol–water partition coefficient (Wildman–Crippen LogP) is 2.26. The first-order valence-electron chi connectivity index (χ1n) is 8.74. The summed E-state index contributed by atoms with van der Waals surface area (Å²) in [4.78, 5) is 11.6. The van der Waals surface area contributed by atoms with E-state index in [-0.39, 0.29) is 12.1 Å². The number of morpholine rings is 1. The molecule has 0 radical (unpaired) electrons. The first-order chi connectivity index (χ1) is 12.5. The summed E-state index contributed by atoms with van der Waals surface area (Å²) in [6.45, 7) is 5.72. The number of anilines is 3. The van der Waals surface area contributed by atoms with Crippen LogP contribution in [-0.2, 0) is 4.74 Å². The van der Waals surface area contributed by atoms with Crippen LogP contribution < -0.4 is 16.0 Å². The Hall–Kier alpha value is -2.87. The average Bonchev–Trinajstić information content (AvgIpc) is 3.03. The van der Waals surface area contributed by atoms with Crippen LogP contribution in [0.3, 0.4) is 0 Å². The molecular weight excluding hydrogens is 330 g/mol. The van der Waals surface area contributed by atoms with Crippen LogP contribution >= 0.6 is 0 Å². The van der Waals surface area contributed by atoms with Crippen LogP contribution in [0.15, 0.2) is 24.3 Å². The number of aromatic nitrogens is 4. The number of H-pyrrole nitrogens is 1. The lowest BCUT2D eigenvalue weighted by atomic mass is 10.1. The molecule has 0 aliphatic carbocycles. The number of nitrogen functional groups attached to an aromatic ring is 1. The molecule has 26 heavy (non-hydrogen) atoms. The molecule has 2 atom stereocenters. The Kier molecular flexibility index (Phi) is 4.12. The van der Waals surface area contributed by atoms with Gasteiger partial charge in [0.25, 0.3) is 0 Å². The fourth-order valence-electron chi connectivity index (χ4n) is 3.26. The second-order valence-corrected chi connectivity index (χ2v) is 6.70. The van der Waals surface area contributed by atoms with Crippen LogP contribution in [0, 0.1) is 0 Å². The van der Waals surface area contributed by atoms with Gasteiger partial charge in [-0.2, -0.15) is 10.1 Å². The number of fused-ring (bicyclic) bond motifs is 1. The van der Waals surface area contributed by atoms with Crippen LogP contribution in [0.1, 0.15) is 13.8 Å². The van der Waals surface area contributed by atoms with Gasteiger partial charge in [0.1, 0.15) is 5.82 Å².